The summed E-state index contributed by atoms with van der Waals surface area (Å²) in [6.07, 6.45) is 3.20. The van der Waals surface area contributed by atoms with Crippen LogP contribution in [0.4, 0.5) is 5.69 Å². The number of nitrogens with two attached hydrogens (primary N) is 1. The number of nitrogens with zero attached hydrogens (tertiary/aromatic N) is 4. The lowest BCUT2D eigenvalue weighted by molar-refractivity contribution is 0.233. The van der Waals surface area contributed by atoms with Crippen molar-refractivity contribution in [3.63, 3.8) is 0 Å². The lowest BCUT2D eigenvalue weighted by Gasteiger charge is -2.12. The quantitative estimate of drug-likeness (QED) is 0.788. The molecule has 3 aromatic rings. The van der Waals surface area contributed by atoms with Crippen molar-refractivity contribution in [1.29, 1.82) is 0 Å². The standard InChI is InChI=1S/C14H15N5O/c1-9(2)20-14-12(15)13(16-8-17-14)19-11-6-4-3-5-10(11)7-18-19/h3-9H,15H2,1-2H3. The molecule has 0 fully saturated rings. The van der Waals surface area contributed by atoms with E-state index in [2.05, 4.69) is 15.1 Å². The third-order valence-electron chi connectivity index (χ3n) is 2.85. The number of aromatic nitrogens is 4. The minimum absolute atomic E-state index is 0.00517. The predicted molar refractivity (Wildman–Crippen MR) is 76.8 cm³/mol. The number of ether oxygens (including phenoxy) is 1. The molecule has 2 heterocycles. The Hall–Kier alpha value is -2.63. The van der Waals surface area contributed by atoms with Crippen LogP contribution in [0.15, 0.2) is 36.8 Å². The van der Waals surface area contributed by atoms with Gasteiger partial charge >= 0.3 is 0 Å². The first kappa shape index (κ1) is 12.4. The molecule has 2 N–H and O–H groups in total. The van der Waals surface area contributed by atoms with Gasteiger partial charge in [0.1, 0.15) is 12.0 Å². The number of benzene rings is 1. The number of fused-ring (bicyclic) bond motifs is 1. The minimum atomic E-state index is -0.00517. The van der Waals surface area contributed by atoms with Crippen molar-refractivity contribution in [2.45, 2.75) is 20.0 Å². The first-order valence-electron chi connectivity index (χ1n) is 6.37. The second-order valence-corrected chi connectivity index (χ2v) is 4.70. The zero-order valence-corrected chi connectivity index (χ0v) is 11.3. The molecule has 0 bridgehead atoms. The minimum Gasteiger partial charge on any atom is -0.473 e. The van der Waals surface area contributed by atoms with Gasteiger partial charge in [0.05, 0.1) is 17.8 Å². The molecule has 0 aliphatic heterocycles. The van der Waals surface area contributed by atoms with Crippen molar-refractivity contribution in [1.82, 2.24) is 19.7 Å². The topological polar surface area (TPSA) is 78.9 Å². The Morgan fingerprint density at radius 1 is 1.20 bits per heavy atom. The maximum atomic E-state index is 6.10. The Bertz CT molecular complexity index is 750. The lowest BCUT2D eigenvalue weighted by Crippen LogP contribution is -2.12. The smallest absolute Gasteiger partial charge is 0.242 e. The van der Waals surface area contributed by atoms with Gasteiger partial charge in [-0.15, -0.1) is 0 Å². The fourth-order valence-corrected chi connectivity index (χ4v) is 2.00. The Kier molecular flexibility index (Phi) is 2.98. The average molecular weight is 269 g/mol. The van der Waals surface area contributed by atoms with Gasteiger partial charge in [-0.2, -0.15) is 10.1 Å². The summed E-state index contributed by atoms with van der Waals surface area (Å²) < 4.78 is 7.27. The highest BCUT2D eigenvalue weighted by Crippen LogP contribution is 2.26. The maximum Gasteiger partial charge on any atom is 0.242 e. The number of hydrogen-bond acceptors (Lipinski definition) is 5. The largest absolute Gasteiger partial charge is 0.473 e. The molecule has 3 rings (SSSR count). The third-order valence-corrected chi connectivity index (χ3v) is 2.85. The van der Waals surface area contributed by atoms with Crippen LogP contribution in [0.25, 0.3) is 16.7 Å². The summed E-state index contributed by atoms with van der Waals surface area (Å²) in [6, 6.07) is 7.86. The zero-order valence-electron chi connectivity index (χ0n) is 11.3. The van der Waals surface area contributed by atoms with Crippen LogP contribution in [0, 0.1) is 0 Å². The Morgan fingerprint density at radius 2 is 2.00 bits per heavy atom. The van der Waals surface area contributed by atoms with E-state index in [-0.39, 0.29) is 6.10 Å². The molecule has 0 amide bonds. The van der Waals surface area contributed by atoms with E-state index in [0.29, 0.717) is 17.4 Å². The normalized spacial score (nSPS) is 11.2. The molecule has 0 atom stereocenters. The number of nitrogen functional groups attached to an aromatic ring is 1. The number of rotatable bonds is 3. The Labute approximate surface area is 116 Å². The van der Waals surface area contributed by atoms with Crippen LogP contribution in [0.3, 0.4) is 0 Å². The molecule has 0 saturated carbocycles. The van der Waals surface area contributed by atoms with E-state index in [1.165, 1.54) is 6.33 Å². The van der Waals surface area contributed by atoms with Crippen LogP contribution in [-0.2, 0) is 0 Å². The number of anilines is 1. The van der Waals surface area contributed by atoms with E-state index in [0.717, 1.165) is 10.9 Å². The second-order valence-electron chi connectivity index (χ2n) is 4.70. The monoisotopic (exact) mass is 269 g/mol. The molecule has 6 nitrogen and oxygen atoms in total. The molecule has 20 heavy (non-hydrogen) atoms. The van der Waals surface area contributed by atoms with Gasteiger partial charge in [0, 0.05) is 5.39 Å². The lowest BCUT2D eigenvalue weighted by atomic mass is 10.2. The Balaban J connectivity index is 2.15. The van der Waals surface area contributed by atoms with E-state index in [1.54, 1.807) is 10.9 Å². The van der Waals surface area contributed by atoms with Crippen LogP contribution in [0.1, 0.15) is 13.8 Å². The molecule has 0 radical (unpaired) electrons. The van der Waals surface area contributed by atoms with Crippen LogP contribution in [-0.4, -0.2) is 25.9 Å². The predicted octanol–water partition coefficient (Wildman–Crippen LogP) is 2.18. The van der Waals surface area contributed by atoms with Crippen molar-refractivity contribution in [3.8, 4) is 11.7 Å². The van der Waals surface area contributed by atoms with Gasteiger partial charge in [-0.25, -0.2) is 9.67 Å². The summed E-state index contributed by atoms with van der Waals surface area (Å²) >= 11 is 0. The first-order valence-corrected chi connectivity index (χ1v) is 6.37. The van der Waals surface area contributed by atoms with E-state index >= 15 is 0 Å². The van der Waals surface area contributed by atoms with E-state index in [1.807, 2.05) is 38.1 Å². The summed E-state index contributed by atoms with van der Waals surface area (Å²) in [6.45, 7) is 3.84. The number of para-hydroxylation sites is 1. The summed E-state index contributed by atoms with van der Waals surface area (Å²) in [5, 5.41) is 5.36. The van der Waals surface area contributed by atoms with Gasteiger partial charge < -0.3 is 10.5 Å². The average Bonchev–Trinajstić information content (AvgIpc) is 2.85. The molecule has 6 heteroatoms. The maximum absolute atomic E-state index is 6.10. The fraction of sp³-hybridized carbons (Fsp3) is 0.214. The molecule has 0 spiro atoms. The Morgan fingerprint density at radius 3 is 2.80 bits per heavy atom. The molecular formula is C14H15N5O. The molecule has 102 valence electrons. The molecule has 0 unspecified atom stereocenters. The van der Waals surface area contributed by atoms with Gasteiger partial charge in [0.15, 0.2) is 5.82 Å². The van der Waals surface area contributed by atoms with Crippen molar-refractivity contribution in [2.24, 2.45) is 0 Å². The van der Waals surface area contributed by atoms with Crippen LogP contribution in [0.5, 0.6) is 5.88 Å². The van der Waals surface area contributed by atoms with E-state index in [4.69, 9.17) is 10.5 Å². The second kappa shape index (κ2) is 4.80. The zero-order chi connectivity index (χ0) is 14.1. The highest BCUT2D eigenvalue weighted by Gasteiger charge is 2.14. The number of hydrogen-bond donors (Lipinski definition) is 1. The van der Waals surface area contributed by atoms with Crippen molar-refractivity contribution in [2.75, 3.05) is 5.73 Å². The van der Waals surface area contributed by atoms with Gasteiger partial charge in [0.25, 0.3) is 0 Å². The van der Waals surface area contributed by atoms with E-state index < -0.39 is 0 Å². The van der Waals surface area contributed by atoms with Gasteiger partial charge in [-0.3, -0.25) is 0 Å². The summed E-state index contributed by atoms with van der Waals surface area (Å²) in [5.74, 6) is 0.904. The molecule has 1 aromatic carbocycles. The van der Waals surface area contributed by atoms with Crippen LogP contribution < -0.4 is 10.5 Å². The summed E-state index contributed by atoms with van der Waals surface area (Å²) in [4.78, 5) is 8.29. The molecular weight excluding hydrogens is 254 g/mol. The third kappa shape index (κ3) is 2.05. The van der Waals surface area contributed by atoms with Crippen molar-refractivity contribution >= 4 is 16.6 Å². The molecule has 0 aliphatic rings. The fourth-order valence-electron chi connectivity index (χ4n) is 2.00. The summed E-state index contributed by atoms with van der Waals surface area (Å²) in [5.41, 5.74) is 7.43. The van der Waals surface area contributed by atoms with Crippen LogP contribution in [0.2, 0.25) is 0 Å². The van der Waals surface area contributed by atoms with Gasteiger partial charge in [-0.05, 0) is 19.9 Å². The molecule has 0 aliphatic carbocycles. The van der Waals surface area contributed by atoms with E-state index in [9.17, 15) is 0 Å². The first-order chi connectivity index (χ1) is 9.66. The summed E-state index contributed by atoms with van der Waals surface area (Å²) in [7, 11) is 0. The van der Waals surface area contributed by atoms with Crippen LogP contribution >= 0.6 is 0 Å². The highest BCUT2D eigenvalue weighted by molar-refractivity contribution is 5.81. The highest BCUT2D eigenvalue weighted by atomic mass is 16.5. The van der Waals surface area contributed by atoms with Gasteiger partial charge in [0.2, 0.25) is 5.88 Å². The molecule has 0 saturated heterocycles. The SMILES string of the molecule is CC(C)Oc1ncnc(-n2ncc3ccccc32)c1N. The van der Waals surface area contributed by atoms with Crippen molar-refractivity contribution < 1.29 is 4.74 Å². The van der Waals surface area contributed by atoms with Crippen molar-refractivity contribution in [3.05, 3.63) is 36.8 Å². The molecule has 2 aromatic heterocycles. The van der Waals surface area contributed by atoms with Gasteiger partial charge in [-0.1, -0.05) is 18.2 Å².